The summed E-state index contributed by atoms with van der Waals surface area (Å²) in [5.41, 5.74) is 1.95. The van der Waals surface area contributed by atoms with Gasteiger partial charge in [-0.2, -0.15) is 0 Å². The van der Waals surface area contributed by atoms with E-state index in [0.717, 1.165) is 11.1 Å². The van der Waals surface area contributed by atoms with Crippen molar-refractivity contribution >= 4 is 5.91 Å². The molecule has 3 rings (SSSR count). The van der Waals surface area contributed by atoms with E-state index in [1.165, 1.54) is 10.6 Å². The molecule has 0 spiro atoms. The second kappa shape index (κ2) is 8.11. The molecular formula is C21H20N2O2. The van der Waals surface area contributed by atoms with Gasteiger partial charge >= 0.3 is 0 Å². The van der Waals surface area contributed by atoms with Crippen molar-refractivity contribution in [2.24, 2.45) is 0 Å². The topological polar surface area (TPSA) is 42.3 Å². The summed E-state index contributed by atoms with van der Waals surface area (Å²) in [6.45, 7) is 1.06. The number of benzene rings is 2. The number of hydrogen-bond acceptors (Lipinski definition) is 2. The van der Waals surface area contributed by atoms with Crippen LogP contribution in [0.5, 0.6) is 0 Å². The van der Waals surface area contributed by atoms with E-state index >= 15 is 0 Å². The molecule has 1 aromatic heterocycles. The summed E-state index contributed by atoms with van der Waals surface area (Å²) >= 11 is 0. The van der Waals surface area contributed by atoms with E-state index in [2.05, 4.69) is 0 Å². The first-order valence-electron chi connectivity index (χ1n) is 8.23. The van der Waals surface area contributed by atoms with Crippen molar-refractivity contribution in [3.05, 3.63) is 107 Å². The van der Waals surface area contributed by atoms with Crippen LogP contribution < -0.4 is 5.56 Å². The highest BCUT2D eigenvalue weighted by Crippen LogP contribution is 2.11. The zero-order chi connectivity index (χ0) is 17.5. The summed E-state index contributed by atoms with van der Waals surface area (Å²) in [6, 6.07) is 24.6. The number of pyridine rings is 1. The molecule has 0 unspecified atom stereocenters. The molecule has 4 nitrogen and oxygen atoms in total. The van der Waals surface area contributed by atoms with Gasteiger partial charge in [0.15, 0.2) is 0 Å². The highest BCUT2D eigenvalue weighted by molar-refractivity contribution is 5.76. The van der Waals surface area contributed by atoms with Gasteiger partial charge in [0.05, 0.1) is 0 Å². The van der Waals surface area contributed by atoms with E-state index in [4.69, 9.17) is 0 Å². The van der Waals surface area contributed by atoms with E-state index in [1.807, 2.05) is 60.7 Å². The molecule has 0 aliphatic carbocycles. The first-order valence-corrected chi connectivity index (χ1v) is 8.23. The van der Waals surface area contributed by atoms with Crippen molar-refractivity contribution in [1.82, 2.24) is 9.47 Å². The van der Waals surface area contributed by atoms with Crippen LogP contribution in [0.2, 0.25) is 0 Å². The Morgan fingerprint density at radius 2 is 1.28 bits per heavy atom. The first-order chi connectivity index (χ1) is 12.2. The smallest absolute Gasteiger partial charge is 0.250 e. The molecule has 0 radical (unpaired) electrons. The third-order valence-corrected chi connectivity index (χ3v) is 3.99. The molecule has 0 saturated heterocycles. The molecule has 126 valence electrons. The summed E-state index contributed by atoms with van der Waals surface area (Å²) in [6.07, 6.45) is 1.64. The molecule has 4 heteroatoms. The Bertz CT molecular complexity index is 831. The van der Waals surface area contributed by atoms with Gasteiger partial charge in [-0.1, -0.05) is 66.7 Å². The van der Waals surface area contributed by atoms with Gasteiger partial charge in [0.2, 0.25) is 5.91 Å². The van der Waals surface area contributed by atoms with Gasteiger partial charge in [0, 0.05) is 25.4 Å². The third kappa shape index (κ3) is 4.67. The van der Waals surface area contributed by atoms with Gasteiger partial charge in [-0.3, -0.25) is 9.59 Å². The highest BCUT2D eigenvalue weighted by atomic mass is 16.2. The maximum Gasteiger partial charge on any atom is 0.250 e. The minimum absolute atomic E-state index is 0.0410. The molecule has 1 heterocycles. The summed E-state index contributed by atoms with van der Waals surface area (Å²) in [5.74, 6) is -0.0824. The molecule has 0 aliphatic rings. The Morgan fingerprint density at radius 3 is 1.80 bits per heavy atom. The Morgan fingerprint density at radius 1 is 0.760 bits per heavy atom. The van der Waals surface area contributed by atoms with Gasteiger partial charge in [-0.25, -0.2) is 0 Å². The van der Waals surface area contributed by atoms with Gasteiger partial charge in [0.1, 0.15) is 6.54 Å². The fourth-order valence-electron chi connectivity index (χ4n) is 2.68. The minimum atomic E-state index is -0.171. The molecule has 0 fully saturated rings. The lowest BCUT2D eigenvalue weighted by atomic mass is 10.1. The summed E-state index contributed by atoms with van der Waals surface area (Å²) in [7, 11) is 0. The quantitative estimate of drug-likeness (QED) is 0.696. The lowest BCUT2D eigenvalue weighted by Gasteiger charge is -2.23. The zero-order valence-corrected chi connectivity index (χ0v) is 13.9. The zero-order valence-electron chi connectivity index (χ0n) is 13.9. The molecule has 0 bridgehead atoms. The van der Waals surface area contributed by atoms with Crippen molar-refractivity contribution in [2.75, 3.05) is 0 Å². The van der Waals surface area contributed by atoms with Crippen molar-refractivity contribution in [3.8, 4) is 0 Å². The van der Waals surface area contributed by atoms with Crippen LogP contribution in [0, 0.1) is 0 Å². The molecule has 2 aromatic carbocycles. The number of carbonyl (C=O) groups excluding carboxylic acids is 1. The average molecular weight is 332 g/mol. The van der Waals surface area contributed by atoms with Crippen molar-refractivity contribution in [3.63, 3.8) is 0 Å². The number of carbonyl (C=O) groups is 1. The van der Waals surface area contributed by atoms with E-state index in [0.29, 0.717) is 13.1 Å². The van der Waals surface area contributed by atoms with Gasteiger partial charge in [-0.15, -0.1) is 0 Å². The van der Waals surface area contributed by atoms with E-state index in [-0.39, 0.29) is 18.0 Å². The second-order valence-corrected chi connectivity index (χ2v) is 5.89. The van der Waals surface area contributed by atoms with Crippen molar-refractivity contribution < 1.29 is 4.79 Å². The highest BCUT2D eigenvalue weighted by Gasteiger charge is 2.15. The van der Waals surface area contributed by atoms with Crippen LogP contribution in [0.3, 0.4) is 0 Å². The van der Waals surface area contributed by atoms with Gasteiger partial charge < -0.3 is 9.47 Å². The van der Waals surface area contributed by atoms with E-state index < -0.39 is 0 Å². The predicted molar refractivity (Wildman–Crippen MR) is 97.8 cm³/mol. The molecule has 25 heavy (non-hydrogen) atoms. The number of rotatable bonds is 6. The van der Waals surface area contributed by atoms with Crippen LogP contribution in [0.25, 0.3) is 0 Å². The van der Waals surface area contributed by atoms with Crippen molar-refractivity contribution in [1.29, 1.82) is 0 Å². The van der Waals surface area contributed by atoms with Crippen LogP contribution in [-0.2, 0) is 24.4 Å². The van der Waals surface area contributed by atoms with Crippen LogP contribution >= 0.6 is 0 Å². The number of aromatic nitrogens is 1. The Kier molecular flexibility index (Phi) is 5.42. The number of hydrogen-bond donors (Lipinski definition) is 0. The lowest BCUT2D eigenvalue weighted by Crippen LogP contribution is -2.35. The lowest BCUT2D eigenvalue weighted by molar-refractivity contribution is -0.133. The van der Waals surface area contributed by atoms with Gasteiger partial charge in [-0.05, 0) is 17.2 Å². The molecule has 0 N–H and O–H groups in total. The Balaban J connectivity index is 1.80. The maximum atomic E-state index is 12.8. The summed E-state index contributed by atoms with van der Waals surface area (Å²) < 4.78 is 1.44. The third-order valence-electron chi connectivity index (χ3n) is 3.99. The summed E-state index contributed by atoms with van der Waals surface area (Å²) in [4.78, 5) is 26.5. The Labute approximate surface area is 147 Å². The van der Waals surface area contributed by atoms with Crippen LogP contribution in [-0.4, -0.2) is 15.4 Å². The second-order valence-electron chi connectivity index (χ2n) is 5.89. The van der Waals surface area contributed by atoms with Gasteiger partial charge in [0.25, 0.3) is 5.56 Å². The molecule has 0 saturated carbocycles. The van der Waals surface area contributed by atoms with Crippen LogP contribution in [0.1, 0.15) is 11.1 Å². The maximum absolute atomic E-state index is 12.8. The molecule has 3 aromatic rings. The van der Waals surface area contributed by atoms with Crippen LogP contribution in [0.15, 0.2) is 89.9 Å². The van der Waals surface area contributed by atoms with Crippen molar-refractivity contribution in [2.45, 2.75) is 19.6 Å². The molecule has 0 aliphatic heterocycles. The number of amides is 1. The Hall–Kier alpha value is -3.14. The fraction of sp³-hybridized carbons (Fsp3) is 0.143. The normalized spacial score (nSPS) is 10.4. The summed E-state index contributed by atoms with van der Waals surface area (Å²) in [5, 5.41) is 0. The monoisotopic (exact) mass is 332 g/mol. The largest absolute Gasteiger partial charge is 0.332 e. The molecule has 1 amide bonds. The molecule has 0 atom stereocenters. The SMILES string of the molecule is O=C(Cn1ccccc1=O)N(Cc1ccccc1)Cc1ccccc1. The number of nitrogens with zero attached hydrogens (tertiary/aromatic N) is 2. The minimum Gasteiger partial charge on any atom is -0.332 e. The molecular weight excluding hydrogens is 312 g/mol. The standard InChI is InChI=1S/C21H20N2O2/c24-20-13-7-8-14-22(20)17-21(25)23(15-18-9-3-1-4-10-18)16-19-11-5-2-6-12-19/h1-14H,15-17H2. The average Bonchev–Trinajstić information content (AvgIpc) is 2.65. The van der Waals surface area contributed by atoms with E-state index in [1.54, 1.807) is 23.2 Å². The first kappa shape index (κ1) is 16.7. The fourth-order valence-corrected chi connectivity index (χ4v) is 2.68. The predicted octanol–water partition coefficient (Wildman–Crippen LogP) is 3.08. The van der Waals surface area contributed by atoms with Crippen LogP contribution in [0.4, 0.5) is 0 Å². The van der Waals surface area contributed by atoms with E-state index in [9.17, 15) is 9.59 Å².